The number of ketones is 1. The first kappa shape index (κ1) is 21.8. The van der Waals surface area contributed by atoms with E-state index in [9.17, 15) is 9.59 Å². The zero-order chi connectivity index (χ0) is 23.4. The molecule has 0 saturated heterocycles. The van der Waals surface area contributed by atoms with Gasteiger partial charge in [0.1, 0.15) is 5.67 Å². The Balaban J connectivity index is 1.32. The lowest BCUT2D eigenvalue weighted by Crippen LogP contribution is -2.64. The van der Waals surface area contributed by atoms with Crippen molar-refractivity contribution in [2.24, 2.45) is 17.6 Å². The van der Waals surface area contributed by atoms with Gasteiger partial charge in [-0.1, -0.05) is 24.3 Å². The maximum absolute atomic E-state index is 15.4. The van der Waals surface area contributed by atoms with Crippen molar-refractivity contribution in [2.45, 2.75) is 55.8 Å². The Labute approximate surface area is 193 Å². The molecule has 4 bridgehead atoms. The quantitative estimate of drug-likeness (QED) is 0.683. The van der Waals surface area contributed by atoms with Crippen molar-refractivity contribution in [1.29, 1.82) is 5.26 Å². The minimum atomic E-state index is -1.13. The van der Waals surface area contributed by atoms with E-state index in [0.717, 1.165) is 19.3 Å². The largest absolute Gasteiger partial charge is 0.336 e. The first-order chi connectivity index (χ1) is 15.7. The molecular weight excluding hydrogens is 417 g/mol. The van der Waals surface area contributed by atoms with Crippen LogP contribution in [0.5, 0.6) is 0 Å². The second-order valence-corrected chi connectivity index (χ2v) is 10.4. The molecule has 0 radical (unpaired) electrons. The number of nitrogens with zero attached hydrogens (tertiary/aromatic N) is 2. The topological polar surface area (TPSA) is 87.2 Å². The van der Waals surface area contributed by atoms with Gasteiger partial charge in [-0.2, -0.15) is 5.26 Å². The number of hydrogen-bond acceptors (Lipinski definition) is 4. The van der Waals surface area contributed by atoms with Gasteiger partial charge in [0, 0.05) is 30.1 Å². The van der Waals surface area contributed by atoms with Gasteiger partial charge in [-0.05, 0) is 73.8 Å². The van der Waals surface area contributed by atoms with Crippen LogP contribution < -0.4 is 5.73 Å². The van der Waals surface area contributed by atoms with Gasteiger partial charge in [-0.25, -0.2) is 4.39 Å². The molecule has 4 aliphatic rings. The Morgan fingerprint density at radius 2 is 1.76 bits per heavy atom. The molecule has 3 unspecified atom stereocenters. The molecule has 4 fully saturated rings. The summed E-state index contributed by atoms with van der Waals surface area (Å²) in [5.74, 6) is 0.341. The number of carbonyl (C=O) groups excluding carboxylic acids is 2. The summed E-state index contributed by atoms with van der Waals surface area (Å²) < 4.78 is 15.4. The molecule has 4 aliphatic carbocycles. The molecule has 0 aliphatic heterocycles. The molecule has 4 saturated carbocycles. The van der Waals surface area contributed by atoms with Gasteiger partial charge in [0.05, 0.1) is 17.7 Å². The molecule has 3 atom stereocenters. The van der Waals surface area contributed by atoms with Crippen LogP contribution in [0.3, 0.4) is 0 Å². The molecule has 33 heavy (non-hydrogen) atoms. The first-order valence-corrected chi connectivity index (χ1v) is 11.6. The summed E-state index contributed by atoms with van der Waals surface area (Å²) in [7, 11) is 1.81. The van der Waals surface area contributed by atoms with Crippen LogP contribution in [0.2, 0.25) is 0 Å². The van der Waals surface area contributed by atoms with Crippen LogP contribution in [0, 0.1) is 23.2 Å². The number of rotatable bonds is 5. The maximum atomic E-state index is 15.4. The summed E-state index contributed by atoms with van der Waals surface area (Å²) in [6.45, 7) is 0. The van der Waals surface area contributed by atoms with Crippen LogP contribution in [-0.4, -0.2) is 34.8 Å². The number of nitriles is 1. The fourth-order valence-corrected chi connectivity index (χ4v) is 6.81. The number of amides is 1. The fourth-order valence-electron chi connectivity index (χ4n) is 6.81. The molecule has 2 aromatic carbocycles. The van der Waals surface area contributed by atoms with Crippen LogP contribution in [-0.2, 0) is 0 Å². The van der Waals surface area contributed by atoms with E-state index in [4.69, 9.17) is 11.0 Å². The lowest BCUT2D eigenvalue weighted by Gasteiger charge is -2.61. The molecule has 0 aromatic heterocycles. The van der Waals surface area contributed by atoms with E-state index in [1.807, 2.05) is 13.1 Å². The Morgan fingerprint density at radius 1 is 1.09 bits per heavy atom. The molecule has 6 rings (SSSR count). The number of nitrogens with two attached hydrogens (primary N) is 1. The third-order valence-corrected chi connectivity index (χ3v) is 8.05. The SMILES string of the molecule is CN(C(=O)c1ccc(C(N)C(=O)c2cccc(C#N)c2)cc1)C12CC3CC(CC(F)(C3)C1)C2. The summed E-state index contributed by atoms with van der Waals surface area (Å²) in [6, 6.07) is 14.4. The van der Waals surface area contributed by atoms with Crippen LogP contribution in [0.1, 0.15) is 76.4 Å². The van der Waals surface area contributed by atoms with Crippen LogP contribution in [0.4, 0.5) is 4.39 Å². The van der Waals surface area contributed by atoms with Gasteiger partial charge >= 0.3 is 0 Å². The van der Waals surface area contributed by atoms with Gasteiger partial charge in [-0.15, -0.1) is 0 Å². The molecule has 0 heterocycles. The molecule has 6 heteroatoms. The minimum Gasteiger partial charge on any atom is -0.336 e. The predicted molar refractivity (Wildman–Crippen MR) is 122 cm³/mol. The average molecular weight is 446 g/mol. The number of Topliss-reactive ketones (excluding diaryl/α,β-unsaturated/α-hetero) is 1. The van der Waals surface area contributed by atoms with E-state index in [0.29, 0.717) is 53.4 Å². The third kappa shape index (κ3) is 3.75. The monoisotopic (exact) mass is 445 g/mol. The molecule has 2 N–H and O–H groups in total. The zero-order valence-corrected chi connectivity index (χ0v) is 18.8. The number of carbonyl (C=O) groups is 2. The van der Waals surface area contributed by atoms with Gasteiger partial charge in [0.2, 0.25) is 0 Å². The highest BCUT2D eigenvalue weighted by Gasteiger charge is 2.60. The summed E-state index contributed by atoms with van der Waals surface area (Å²) in [4.78, 5) is 27.9. The smallest absolute Gasteiger partial charge is 0.254 e. The fraction of sp³-hybridized carbons (Fsp3) is 0.444. The van der Waals surface area contributed by atoms with Gasteiger partial charge < -0.3 is 10.6 Å². The minimum absolute atomic E-state index is 0.117. The van der Waals surface area contributed by atoms with Crippen molar-refractivity contribution < 1.29 is 14.0 Å². The third-order valence-electron chi connectivity index (χ3n) is 8.05. The molecular formula is C27H28FN3O2. The highest BCUT2D eigenvalue weighted by molar-refractivity contribution is 6.01. The average Bonchev–Trinajstić information content (AvgIpc) is 2.80. The van der Waals surface area contributed by atoms with Crippen molar-refractivity contribution in [3.05, 3.63) is 70.8 Å². The highest BCUT2D eigenvalue weighted by Crippen LogP contribution is 2.60. The van der Waals surface area contributed by atoms with Crippen LogP contribution >= 0.6 is 0 Å². The first-order valence-electron chi connectivity index (χ1n) is 11.6. The lowest BCUT2D eigenvalue weighted by molar-refractivity contribution is -0.126. The molecule has 5 nitrogen and oxygen atoms in total. The highest BCUT2D eigenvalue weighted by atomic mass is 19.1. The van der Waals surface area contributed by atoms with E-state index >= 15 is 4.39 Å². The number of benzene rings is 2. The Morgan fingerprint density at radius 3 is 2.36 bits per heavy atom. The summed E-state index contributed by atoms with van der Waals surface area (Å²) in [6.07, 6.45) is 4.59. The van der Waals surface area contributed by atoms with E-state index < -0.39 is 17.2 Å². The summed E-state index contributed by atoms with van der Waals surface area (Å²) >= 11 is 0. The van der Waals surface area contributed by atoms with Crippen molar-refractivity contribution in [1.82, 2.24) is 4.90 Å². The van der Waals surface area contributed by atoms with E-state index in [2.05, 4.69) is 0 Å². The maximum Gasteiger partial charge on any atom is 0.254 e. The number of halogens is 1. The van der Waals surface area contributed by atoms with Crippen molar-refractivity contribution in [2.75, 3.05) is 7.05 Å². The zero-order valence-electron chi connectivity index (χ0n) is 18.8. The van der Waals surface area contributed by atoms with Crippen molar-refractivity contribution >= 4 is 11.7 Å². The Bertz CT molecular complexity index is 1140. The molecule has 170 valence electrons. The van der Waals surface area contributed by atoms with Crippen LogP contribution in [0.25, 0.3) is 0 Å². The van der Waals surface area contributed by atoms with E-state index in [1.54, 1.807) is 47.4 Å². The van der Waals surface area contributed by atoms with E-state index in [-0.39, 0.29) is 11.7 Å². The van der Waals surface area contributed by atoms with Crippen molar-refractivity contribution in [3.8, 4) is 6.07 Å². The molecule has 0 spiro atoms. The predicted octanol–water partition coefficient (Wildman–Crippen LogP) is 4.57. The Hall–Kier alpha value is -3.04. The summed E-state index contributed by atoms with van der Waals surface area (Å²) in [5.41, 5.74) is 6.56. The van der Waals surface area contributed by atoms with Gasteiger partial charge in [0.15, 0.2) is 5.78 Å². The van der Waals surface area contributed by atoms with Crippen molar-refractivity contribution in [3.63, 3.8) is 0 Å². The van der Waals surface area contributed by atoms with Gasteiger partial charge in [-0.3, -0.25) is 9.59 Å². The standard InChI is InChI=1S/C27H28FN3O2/c1-31(27-13-18-9-19(14-27)12-26(28,11-18)16-27)25(33)21-7-5-20(6-8-21)23(30)24(32)22-4-2-3-17(10-22)15-29/h2-8,10,18-19,23H,9,11-14,16,30H2,1H3. The van der Waals surface area contributed by atoms with Crippen LogP contribution in [0.15, 0.2) is 48.5 Å². The molecule has 1 amide bonds. The number of hydrogen-bond donors (Lipinski definition) is 1. The second kappa shape index (κ2) is 7.78. The molecule has 2 aromatic rings. The number of alkyl halides is 1. The summed E-state index contributed by atoms with van der Waals surface area (Å²) in [5, 5.41) is 9.06. The van der Waals surface area contributed by atoms with E-state index in [1.165, 1.54) is 6.07 Å². The normalized spacial score (nSPS) is 30.5. The second-order valence-electron chi connectivity index (χ2n) is 10.4. The Kier molecular flexibility index (Phi) is 5.13. The van der Waals surface area contributed by atoms with Gasteiger partial charge in [0.25, 0.3) is 5.91 Å². The lowest BCUT2D eigenvalue weighted by atomic mass is 9.51.